The minimum Gasteiger partial charge on any atom is -0.391 e. The second-order valence-electron chi connectivity index (χ2n) is 7.10. The number of β-amino-alcohol motifs (C(OH)–C–C–N with tert-alkyl or cyclic N) is 1. The number of halogens is 1. The Kier molecular flexibility index (Phi) is 5.64. The molecule has 2 aromatic rings. The number of amides is 1. The molecule has 5 nitrogen and oxygen atoms in total. The lowest BCUT2D eigenvalue weighted by molar-refractivity contribution is -0.130. The minimum absolute atomic E-state index is 0.0144. The highest BCUT2D eigenvalue weighted by molar-refractivity contribution is 5.75. The van der Waals surface area contributed by atoms with Gasteiger partial charge in [-0.15, -0.1) is 0 Å². The molecule has 0 radical (unpaired) electrons. The highest BCUT2D eigenvalue weighted by Crippen LogP contribution is 2.25. The maximum atomic E-state index is 14.1. The van der Waals surface area contributed by atoms with Gasteiger partial charge in [0, 0.05) is 64.0 Å². The number of hydrogen-bond acceptors (Lipinski definition) is 4. The normalized spacial score (nSPS) is 20.3. The summed E-state index contributed by atoms with van der Waals surface area (Å²) in [5.74, 6) is -0.364. The van der Waals surface area contributed by atoms with Gasteiger partial charge in [0.1, 0.15) is 5.82 Å². The molecule has 0 unspecified atom stereocenters. The molecular formula is C20H24FN3O2. The van der Waals surface area contributed by atoms with Crippen molar-refractivity contribution in [1.29, 1.82) is 0 Å². The van der Waals surface area contributed by atoms with E-state index in [9.17, 15) is 14.3 Å². The average molecular weight is 357 g/mol. The lowest BCUT2D eigenvalue weighted by atomic mass is 10.0. The zero-order chi connectivity index (χ0) is 18.7. The molecule has 1 aliphatic heterocycles. The van der Waals surface area contributed by atoms with Crippen LogP contribution in [0.4, 0.5) is 4.39 Å². The van der Waals surface area contributed by atoms with Crippen LogP contribution in [-0.2, 0) is 11.3 Å². The molecule has 1 amide bonds. The summed E-state index contributed by atoms with van der Waals surface area (Å²) in [6, 6.07) is 8.68. The van der Waals surface area contributed by atoms with E-state index in [4.69, 9.17) is 0 Å². The fraction of sp³-hybridized carbons (Fsp3) is 0.400. The van der Waals surface area contributed by atoms with Gasteiger partial charge in [-0.05, 0) is 35.4 Å². The Morgan fingerprint density at radius 1 is 1.31 bits per heavy atom. The Hall–Kier alpha value is -2.31. The quantitative estimate of drug-likeness (QED) is 0.891. The molecule has 3 rings (SSSR count). The van der Waals surface area contributed by atoms with Gasteiger partial charge in [-0.2, -0.15) is 0 Å². The topological polar surface area (TPSA) is 56.7 Å². The van der Waals surface area contributed by atoms with Crippen molar-refractivity contribution >= 4 is 5.91 Å². The van der Waals surface area contributed by atoms with Crippen LogP contribution in [0, 0.1) is 11.7 Å². The second kappa shape index (κ2) is 7.93. The van der Waals surface area contributed by atoms with Crippen molar-refractivity contribution in [2.45, 2.75) is 19.1 Å². The number of aliphatic hydroxyl groups is 1. The number of aromatic nitrogens is 1. The highest BCUT2D eigenvalue weighted by atomic mass is 19.1. The maximum Gasteiger partial charge on any atom is 0.222 e. The van der Waals surface area contributed by atoms with Crippen molar-refractivity contribution < 1.29 is 14.3 Å². The van der Waals surface area contributed by atoms with Crippen LogP contribution in [0.5, 0.6) is 0 Å². The zero-order valence-electron chi connectivity index (χ0n) is 15.1. The fourth-order valence-electron chi connectivity index (χ4n) is 3.38. The standard InChI is InChI=1S/C20H24FN3O2/c1-23(2)20(26)9-17-12-24(13-19(17)25)11-14-6-16(8-18(21)7-14)15-4-3-5-22-10-15/h3-8,10,17,19,25H,9,11-13H2,1-2H3/t17-,19-/m1/s1. The molecule has 1 fully saturated rings. The highest BCUT2D eigenvalue weighted by Gasteiger charge is 2.33. The van der Waals surface area contributed by atoms with Gasteiger partial charge in [-0.3, -0.25) is 14.7 Å². The summed E-state index contributed by atoms with van der Waals surface area (Å²) in [6.07, 6.45) is 3.19. The van der Waals surface area contributed by atoms with Crippen molar-refractivity contribution in [3.05, 3.63) is 54.1 Å². The van der Waals surface area contributed by atoms with Gasteiger partial charge in [0.05, 0.1) is 6.10 Å². The van der Waals surface area contributed by atoms with E-state index >= 15 is 0 Å². The van der Waals surface area contributed by atoms with Crippen molar-refractivity contribution in [1.82, 2.24) is 14.8 Å². The molecule has 1 aliphatic rings. The third-order valence-electron chi connectivity index (χ3n) is 4.78. The molecule has 1 aromatic heterocycles. The Morgan fingerprint density at radius 2 is 2.12 bits per heavy atom. The van der Waals surface area contributed by atoms with E-state index in [1.54, 1.807) is 31.4 Å². The van der Waals surface area contributed by atoms with E-state index in [0.717, 1.165) is 16.7 Å². The molecule has 1 saturated heterocycles. The van der Waals surface area contributed by atoms with Crippen molar-refractivity contribution in [3.8, 4) is 11.1 Å². The van der Waals surface area contributed by atoms with Crippen molar-refractivity contribution in [3.63, 3.8) is 0 Å². The largest absolute Gasteiger partial charge is 0.391 e. The number of nitrogens with zero attached hydrogens (tertiary/aromatic N) is 3. The minimum atomic E-state index is -0.537. The summed E-state index contributed by atoms with van der Waals surface area (Å²) in [7, 11) is 3.43. The van der Waals surface area contributed by atoms with Gasteiger partial charge in [0.25, 0.3) is 0 Å². The molecule has 138 valence electrons. The van der Waals surface area contributed by atoms with Crippen LogP contribution < -0.4 is 0 Å². The first-order valence-electron chi connectivity index (χ1n) is 8.73. The summed E-state index contributed by atoms with van der Waals surface area (Å²) < 4.78 is 14.1. The molecule has 0 spiro atoms. The maximum absolute atomic E-state index is 14.1. The second-order valence-corrected chi connectivity index (χ2v) is 7.10. The van der Waals surface area contributed by atoms with Crippen LogP contribution in [0.2, 0.25) is 0 Å². The Morgan fingerprint density at radius 3 is 2.81 bits per heavy atom. The summed E-state index contributed by atoms with van der Waals surface area (Å²) in [5, 5.41) is 10.3. The molecule has 0 saturated carbocycles. The Bertz CT molecular complexity index is 767. The van der Waals surface area contributed by atoms with Crippen LogP contribution in [0.15, 0.2) is 42.7 Å². The van der Waals surface area contributed by atoms with Gasteiger partial charge in [-0.25, -0.2) is 4.39 Å². The smallest absolute Gasteiger partial charge is 0.222 e. The van der Waals surface area contributed by atoms with Crippen LogP contribution in [0.1, 0.15) is 12.0 Å². The number of benzene rings is 1. The van der Waals surface area contributed by atoms with Gasteiger partial charge in [0.2, 0.25) is 5.91 Å². The molecule has 1 N–H and O–H groups in total. The first-order chi connectivity index (χ1) is 12.4. The number of aliphatic hydroxyl groups excluding tert-OH is 1. The first-order valence-corrected chi connectivity index (χ1v) is 8.73. The molecular weight excluding hydrogens is 333 g/mol. The fourth-order valence-corrected chi connectivity index (χ4v) is 3.38. The van der Waals surface area contributed by atoms with Crippen molar-refractivity contribution in [2.24, 2.45) is 5.92 Å². The van der Waals surface area contributed by atoms with Crippen LogP contribution >= 0.6 is 0 Å². The van der Waals surface area contributed by atoms with Crippen LogP contribution in [0.3, 0.4) is 0 Å². The summed E-state index contributed by atoms with van der Waals surface area (Å²) >= 11 is 0. The number of rotatable bonds is 5. The van der Waals surface area contributed by atoms with Gasteiger partial charge < -0.3 is 10.0 Å². The van der Waals surface area contributed by atoms with E-state index in [0.29, 0.717) is 26.1 Å². The summed E-state index contributed by atoms with van der Waals surface area (Å²) in [6.45, 7) is 1.65. The number of carbonyl (C=O) groups is 1. The van der Waals surface area contributed by atoms with E-state index in [2.05, 4.69) is 9.88 Å². The zero-order valence-corrected chi connectivity index (χ0v) is 15.1. The molecule has 0 aliphatic carbocycles. The van der Waals surface area contributed by atoms with Gasteiger partial charge in [-0.1, -0.05) is 6.07 Å². The third-order valence-corrected chi connectivity index (χ3v) is 4.78. The lowest BCUT2D eigenvalue weighted by Crippen LogP contribution is -2.28. The number of hydrogen-bond donors (Lipinski definition) is 1. The predicted molar refractivity (Wildman–Crippen MR) is 97.7 cm³/mol. The molecule has 26 heavy (non-hydrogen) atoms. The Labute approximate surface area is 153 Å². The monoisotopic (exact) mass is 357 g/mol. The van der Waals surface area contributed by atoms with Crippen molar-refractivity contribution in [2.75, 3.05) is 27.2 Å². The molecule has 2 atom stereocenters. The molecule has 0 bridgehead atoms. The molecule has 2 heterocycles. The summed E-state index contributed by atoms with van der Waals surface area (Å²) in [4.78, 5) is 19.6. The van der Waals surface area contributed by atoms with Gasteiger partial charge in [0.15, 0.2) is 0 Å². The number of carbonyl (C=O) groups excluding carboxylic acids is 1. The predicted octanol–water partition coefficient (Wildman–Crippen LogP) is 2.16. The van der Waals surface area contributed by atoms with Crippen LogP contribution in [0.25, 0.3) is 11.1 Å². The lowest BCUT2D eigenvalue weighted by Gasteiger charge is -2.17. The Balaban J connectivity index is 1.70. The SMILES string of the molecule is CN(C)C(=O)C[C@@H]1CN(Cc2cc(F)cc(-c3cccnc3)c2)C[C@H]1O. The number of likely N-dealkylation sites (tertiary alicyclic amines) is 1. The van der Waals surface area contributed by atoms with Crippen LogP contribution in [-0.4, -0.2) is 59.1 Å². The van der Waals surface area contributed by atoms with E-state index in [-0.39, 0.29) is 17.6 Å². The first kappa shape index (κ1) is 18.5. The van der Waals surface area contributed by atoms with E-state index in [1.807, 2.05) is 18.2 Å². The summed E-state index contributed by atoms with van der Waals surface area (Å²) in [5.41, 5.74) is 2.49. The number of pyridine rings is 1. The average Bonchev–Trinajstić information content (AvgIpc) is 2.94. The third kappa shape index (κ3) is 4.45. The molecule has 6 heteroatoms. The van der Waals surface area contributed by atoms with Gasteiger partial charge >= 0.3 is 0 Å². The van der Waals surface area contributed by atoms with E-state index in [1.165, 1.54) is 12.1 Å². The van der Waals surface area contributed by atoms with E-state index < -0.39 is 6.10 Å². The molecule has 1 aromatic carbocycles.